The number of rotatable bonds is 3. The van der Waals surface area contributed by atoms with Crippen LogP contribution in [0.1, 0.15) is 11.7 Å². The van der Waals surface area contributed by atoms with Crippen molar-refractivity contribution < 1.29 is 15.3 Å². The first-order valence-electron chi connectivity index (χ1n) is 3.91. The highest BCUT2D eigenvalue weighted by molar-refractivity contribution is 6.30. The molecule has 1 aromatic heterocycles. The Bertz CT molecular complexity index is 365. The zero-order chi connectivity index (χ0) is 10.7. The lowest BCUT2D eigenvalue weighted by Gasteiger charge is -2.15. The molecule has 2 unspecified atom stereocenters. The van der Waals surface area contributed by atoms with Crippen molar-refractivity contribution in [2.45, 2.75) is 12.2 Å². The summed E-state index contributed by atoms with van der Waals surface area (Å²) < 4.78 is 0. The van der Waals surface area contributed by atoms with Crippen LogP contribution in [0.3, 0.4) is 0 Å². The molecule has 0 bridgehead atoms. The average molecular weight is 220 g/mol. The number of aromatic amines is 1. The Kier molecular flexibility index (Phi) is 3.65. The molecule has 0 aliphatic rings. The molecule has 0 amide bonds. The molecule has 1 aromatic rings. The van der Waals surface area contributed by atoms with E-state index in [1.54, 1.807) is 0 Å². The Morgan fingerprint density at radius 3 is 2.64 bits per heavy atom. The Balaban J connectivity index is 2.96. The van der Waals surface area contributed by atoms with E-state index < -0.39 is 24.4 Å². The van der Waals surface area contributed by atoms with Crippen LogP contribution in [0, 0.1) is 0 Å². The molecule has 1 rings (SSSR count). The number of aliphatic hydroxyl groups excluding tert-OH is 3. The second-order valence-electron chi connectivity index (χ2n) is 2.80. The minimum atomic E-state index is -1.29. The van der Waals surface area contributed by atoms with Crippen LogP contribution < -0.4 is 5.56 Å². The summed E-state index contributed by atoms with van der Waals surface area (Å²) >= 11 is 5.51. The fourth-order valence-corrected chi connectivity index (χ4v) is 1.14. The average Bonchev–Trinajstić information content (AvgIpc) is 2.20. The van der Waals surface area contributed by atoms with Crippen molar-refractivity contribution in [2.75, 3.05) is 6.61 Å². The lowest BCUT2D eigenvalue weighted by atomic mass is 10.1. The number of halogens is 1. The van der Waals surface area contributed by atoms with Gasteiger partial charge in [-0.2, -0.15) is 0 Å². The molecule has 1 heterocycles. The predicted octanol–water partition coefficient (Wildman–Crippen LogP) is -0.585. The summed E-state index contributed by atoms with van der Waals surface area (Å²) in [5.74, 6) is 0. The molecule has 0 aliphatic carbocycles. The van der Waals surface area contributed by atoms with Crippen LogP contribution in [0.4, 0.5) is 0 Å². The number of hydrogen-bond donors (Lipinski definition) is 4. The smallest absolute Gasteiger partial charge is 0.266 e. The highest BCUT2D eigenvalue weighted by Crippen LogP contribution is 2.16. The molecule has 0 fully saturated rings. The van der Waals surface area contributed by atoms with Crippen molar-refractivity contribution in [3.8, 4) is 0 Å². The van der Waals surface area contributed by atoms with Gasteiger partial charge in [-0.05, 0) is 6.07 Å². The third-order valence-electron chi connectivity index (χ3n) is 1.77. The van der Waals surface area contributed by atoms with Gasteiger partial charge in [0.2, 0.25) is 0 Å². The minimum absolute atomic E-state index is 0.0771. The largest absolute Gasteiger partial charge is 0.394 e. The second kappa shape index (κ2) is 4.56. The van der Waals surface area contributed by atoms with Crippen LogP contribution >= 0.6 is 11.6 Å². The summed E-state index contributed by atoms with van der Waals surface area (Å²) in [4.78, 5) is 13.1. The lowest BCUT2D eigenvalue weighted by Crippen LogP contribution is -2.23. The van der Waals surface area contributed by atoms with E-state index in [0.29, 0.717) is 0 Å². The maximum absolute atomic E-state index is 10.9. The number of aliphatic hydroxyl groups is 3. The number of aromatic nitrogens is 1. The van der Waals surface area contributed by atoms with E-state index >= 15 is 0 Å². The van der Waals surface area contributed by atoms with E-state index in [0.717, 1.165) is 0 Å². The highest BCUT2D eigenvalue weighted by Gasteiger charge is 2.18. The normalized spacial score (nSPS) is 15.1. The first kappa shape index (κ1) is 11.2. The molecule has 78 valence electrons. The van der Waals surface area contributed by atoms with Crippen LogP contribution in [-0.2, 0) is 0 Å². The van der Waals surface area contributed by atoms with Crippen molar-refractivity contribution in [2.24, 2.45) is 0 Å². The topological polar surface area (TPSA) is 93.6 Å². The van der Waals surface area contributed by atoms with Gasteiger partial charge in [0.05, 0.1) is 6.61 Å². The standard InChI is InChI=1S/C8H10ClNO4/c9-5-1-4(2-10-8(5)14)7(13)6(12)3-11/h1-2,6-7,11-13H,3H2,(H,10,14). The monoisotopic (exact) mass is 219 g/mol. The molecular weight excluding hydrogens is 210 g/mol. The molecule has 0 aliphatic heterocycles. The van der Waals surface area contributed by atoms with E-state index in [4.69, 9.17) is 21.8 Å². The maximum atomic E-state index is 10.9. The van der Waals surface area contributed by atoms with Crippen LogP contribution in [0.15, 0.2) is 17.1 Å². The summed E-state index contributed by atoms with van der Waals surface area (Å²) in [7, 11) is 0. The zero-order valence-corrected chi connectivity index (χ0v) is 7.90. The third kappa shape index (κ3) is 2.33. The summed E-state index contributed by atoms with van der Waals surface area (Å²) in [6.45, 7) is -0.572. The second-order valence-corrected chi connectivity index (χ2v) is 3.21. The van der Waals surface area contributed by atoms with Gasteiger partial charge in [-0.1, -0.05) is 11.6 Å². The molecule has 14 heavy (non-hydrogen) atoms. The first-order chi connectivity index (χ1) is 6.56. The number of pyridine rings is 1. The van der Waals surface area contributed by atoms with Crippen molar-refractivity contribution in [1.29, 1.82) is 0 Å². The zero-order valence-electron chi connectivity index (χ0n) is 7.14. The Morgan fingerprint density at radius 2 is 2.14 bits per heavy atom. The maximum Gasteiger partial charge on any atom is 0.266 e. The minimum Gasteiger partial charge on any atom is -0.394 e. The van der Waals surface area contributed by atoms with E-state index in [-0.39, 0.29) is 10.6 Å². The van der Waals surface area contributed by atoms with Gasteiger partial charge in [-0.3, -0.25) is 4.79 Å². The number of nitrogens with one attached hydrogen (secondary N) is 1. The summed E-state index contributed by atoms with van der Waals surface area (Å²) in [6, 6.07) is 1.24. The van der Waals surface area contributed by atoms with Crippen molar-refractivity contribution >= 4 is 11.6 Å². The van der Waals surface area contributed by atoms with Crippen LogP contribution in [0.5, 0.6) is 0 Å². The van der Waals surface area contributed by atoms with Gasteiger partial charge in [-0.15, -0.1) is 0 Å². The molecular formula is C8H10ClNO4. The first-order valence-corrected chi connectivity index (χ1v) is 4.29. The molecule has 5 nitrogen and oxygen atoms in total. The van der Waals surface area contributed by atoms with Gasteiger partial charge in [0, 0.05) is 11.8 Å². The fourth-order valence-electron chi connectivity index (χ4n) is 0.964. The van der Waals surface area contributed by atoms with E-state index in [2.05, 4.69) is 4.98 Å². The highest BCUT2D eigenvalue weighted by atomic mass is 35.5. The van der Waals surface area contributed by atoms with Gasteiger partial charge in [0.15, 0.2) is 0 Å². The van der Waals surface area contributed by atoms with Gasteiger partial charge in [0.25, 0.3) is 5.56 Å². The Morgan fingerprint density at radius 1 is 1.50 bits per heavy atom. The van der Waals surface area contributed by atoms with Gasteiger partial charge in [0.1, 0.15) is 17.2 Å². The summed E-state index contributed by atoms with van der Waals surface area (Å²) in [6.07, 6.45) is -1.33. The van der Waals surface area contributed by atoms with Gasteiger partial charge in [-0.25, -0.2) is 0 Å². The fraction of sp³-hybridized carbons (Fsp3) is 0.375. The summed E-state index contributed by atoms with van der Waals surface area (Å²) in [5.41, 5.74) is -0.225. The van der Waals surface area contributed by atoms with E-state index in [1.165, 1.54) is 12.3 Å². The molecule has 4 N–H and O–H groups in total. The van der Waals surface area contributed by atoms with Crippen LogP contribution in [0.25, 0.3) is 0 Å². The van der Waals surface area contributed by atoms with Crippen LogP contribution in [-0.4, -0.2) is 33.0 Å². The van der Waals surface area contributed by atoms with Gasteiger partial charge >= 0.3 is 0 Å². The quantitative estimate of drug-likeness (QED) is 0.547. The SMILES string of the molecule is O=c1[nH]cc(C(O)C(O)CO)cc1Cl. The van der Waals surface area contributed by atoms with E-state index in [9.17, 15) is 9.90 Å². The van der Waals surface area contributed by atoms with Crippen LogP contribution in [0.2, 0.25) is 5.02 Å². The number of H-pyrrole nitrogens is 1. The van der Waals surface area contributed by atoms with E-state index in [1.807, 2.05) is 0 Å². The molecule has 0 saturated heterocycles. The Labute approximate surface area is 84.6 Å². The third-order valence-corrected chi connectivity index (χ3v) is 2.05. The van der Waals surface area contributed by atoms with Gasteiger partial charge < -0.3 is 20.3 Å². The molecule has 0 radical (unpaired) electrons. The lowest BCUT2D eigenvalue weighted by molar-refractivity contribution is -0.0154. The number of hydrogen-bond acceptors (Lipinski definition) is 4. The summed E-state index contributed by atoms with van der Waals surface area (Å²) in [5, 5.41) is 27.0. The van der Waals surface area contributed by atoms with Crippen molar-refractivity contribution in [3.05, 3.63) is 33.2 Å². The van der Waals surface area contributed by atoms with Crippen molar-refractivity contribution in [3.63, 3.8) is 0 Å². The molecule has 6 heteroatoms. The Hall–Kier alpha value is -0.880. The molecule has 2 atom stereocenters. The predicted molar refractivity (Wildman–Crippen MR) is 50.1 cm³/mol. The molecule has 0 aromatic carbocycles. The molecule has 0 saturated carbocycles. The van der Waals surface area contributed by atoms with Crippen molar-refractivity contribution in [1.82, 2.24) is 4.98 Å². The molecule has 0 spiro atoms.